The second-order valence-electron chi connectivity index (χ2n) is 3.63. The van der Waals surface area contributed by atoms with E-state index in [4.69, 9.17) is 22.6 Å². The van der Waals surface area contributed by atoms with Crippen molar-refractivity contribution in [2.75, 3.05) is 6.54 Å². The van der Waals surface area contributed by atoms with Crippen LogP contribution < -0.4 is 5.73 Å². The fourth-order valence-electron chi connectivity index (χ4n) is 1.54. The fourth-order valence-corrected chi connectivity index (χ4v) is 1.69. The standard InChI is InChI=1S/C12H15ClN2.C2H6/c1-9-6-10(4-2-3-5-14)7-11(8-15)12(9)13;1-2/h6-7H,2-5,14H2,1H3;1-2H3. The Balaban J connectivity index is 0.00000121. The predicted molar refractivity (Wildman–Crippen MR) is 74.2 cm³/mol. The molecule has 0 saturated carbocycles. The summed E-state index contributed by atoms with van der Waals surface area (Å²) in [4.78, 5) is 0. The van der Waals surface area contributed by atoms with Crippen molar-refractivity contribution >= 4 is 11.6 Å². The average molecular weight is 253 g/mol. The Bertz CT molecular complexity index is 381. The molecule has 1 rings (SSSR count). The monoisotopic (exact) mass is 252 g/mol. The lowest BCUT2D eigenvalue weighted by Crippen LogP contribution is -1.99. The second kappa shape index (κ2) is 9.04. The van der Waals surface area contributed by atoms with E-state index < -0.39 is 0 Å². The maximum Gasteiger partial charge on any atom is 0.101 e. The lowest BCUT2D eigenvalue weighted by Gasteiger charge is -2.05. The summed E-state index contributed by atoms with van der Waals surface area (Å²) >= 11 is 5.98. The molecule has 2 nitrogen and oxygen atoms in total. The van der Waals surface area contributed by atoms with E-state index >= 15 is 0 Å². The molecule has 0 radical (unpaired) electrons. The number of nitriles is 1. The average Bonchev–Trinajstić information content (AvgIpc) is 2.36. The molecule has 0 aromatic heterocycles. The zero-order valence-corrected chi connectivity index (χ0v) is 11.6. The highest BCUT2D eigenvalue weighted by Gasteiger charge is 2.05. The number of aryl methyl sites for hydroxylation is 2. The van der Waals surface area contributed by atoms with Gasteiger partial charge in [0.15, 0.2) is 0 Å². The molecule has 2 N–H and O–H groups in total. The van der Waals surface area contributed by atoms with Crippen LogP contribution in [0.2, 0.25) is 5.02 Å². The van der Waals surface area contributed by atoms with Gasteiger partial charge in [-0.05, 0) is 49.9 Å². The van der Waals surface area contributed by atoms with Crippen LogP contribution in [0.25, 0.3) is 0 Å². The molecule has 17 heavy (non-hydrogen) atoms. The zero-order chi connectivity index (χ0) is 13.3. The van der Waals surface area contributed by atoms with Crippen LogP contribution >= 0.6 is 11.6 Å². The van der Waals surface area contributed by atoms with Gasteiger partial charge in [-0.1, -0.05) is 31.5 Å². The third kappa shape index (κ3) is 5.21. The van der Waals surface area contributed by atoms with Gasteiger partial charge in [0.25, 0.3) is 0 Å². The first-order chi connectivity index (χ1) is 8.19. The number of hydrogen-bond acceptors (Lipinski definition) is 2. The van der Waals surface area contributed by atoms with E-state index in [1.165, 1.54) is 5.56 Å². The van der Waals surface area contributed by atoms with Crippen LogP contribution in [0.5, 0.6) is 0 Å². The summed E-state index contributed by atoms with van der Waals surface area (Å²) < 4.78 is 0. The number of hydrogen-bond donors (Lipinski definition) is 1. The summed E-state index contributed by atoms with van der Waals surface area (Å²) in [5.41, 5.74) is 8.14. The summed E-state index contributed by atoms with van der Waals surface area (Å²) in [7, 11) is 0. The van der Waals surface area contributed by atoms with Gasteiger partial charge in [-0.3, -0.25) is 0 Å². The zero-order valence-electron chi connectivity index (χ0n) is 10.9. The molecule has 3 heteroatoms. The summed E-state index contributed by atoms with van der Waals surface area (Å²) in [6.45, 7) is 6.65. The van der Waals surface area contributed by atoms with Crippen molar-refractivity contribution < 1.29 is 0 Å². The molecule has 0 amide bonds. The number of rotatable bonds is 4. The number of unbranched alkanes of at least 4 members (excludes halogenated alkanes) is 1. The van der Waals surface area contributed by atoms with Crippen molar-refractivity contribution in [3.05, 3.63) is 33.8 Å². The molecule has 0 bridgehead atoms. The molecule has 0 aliphatic heterocycles. The number of halogens is 1. The van der Waals surface area contributed by atoms with Crippen molar-refractivity contribution in [2.24, 2.45) is 5.73 Å². The minimum absolute atomic E-state index is 0.569. The summed E-state index contributed by atoms with van der Waals surface area (Å²) in [6, 6.07) is 6.02. The van der Waals surface area contributed by atoms with E-state index in [2.05, 4.69) is 6.07 Å². The first-order valence-electron chi connectivity index (χ1n) is 6.08. The topological polar surface area (TPSA) is 49.8 Å². The number of benzene rings is 1. The summed E-state index contributed by atoms with van der Waals surface area (Å²) in [5.74, 6) is 0. The van der Waals surface area contributed by atoms with Crippen LogP contribution in [0.4, 0.5) is 0 Å². The first-order valence-corrected chi connectivity index (χ1v) is 6.46. The van der Waals surface area contributed by atoms with Gasteiger partial charge in [0, 0.05) is 0 Å². The van der Waals surface area contributed by atoms with Gasteiger partial charge in [-0.15, -0.1) is 0 Å². The van der Waals surface area contributed by atoms with Crippen LogP contribution in [-0.4, -0.2) is 6.54 Å². The van der Waals surface area contributed by atoms with Gasteiger partial charge in [0.2, 0.25) is 0 Å². The van der Waals surface area contributed by atoms with Crippen LogP contribution in [0, 0.1) is 18.3 Å². The van der Waals surface area contributed by atoms with Crippen molar-refractivity contribution in [2.45, 2.75) is 40.0 Å². The molecular weight excluding hydrogens is 232 g/mol. The van der Waals surface area contributed by atoms with Crippen LogP contribution in [0.3, 0.4) is 0 Å². The molecule has 1 aromatic carbocycles. The minimum Gasteiger partial charge on any atom is -0.330 e. The molecule has 0 heterocycles. The molecule has 0 aliphatic carbocycles. The second-order valence-corrected chi connectivity index (χ2v) is 4.01. The Kier molecular flexibility index (Phi) is 8.49. The van der Waals surface area contributed by atoms with Gasteiger partial charge >= 0.3 is 0 Å². The lowest BCUT2D eigenvalue weighted by atomic mass is 10.0. The molecular formula is C14H21ClN2. The van der Waals surface area contributed by atoms with E-state index in [-0.39, 0.29) is 0 Å². The van der Waals surface area contributed by atoms with E-state index in [1.54, 1.807) is 0 Å². The smallest absolute Gasteiger partial charge is 0.101 e. The maximum absolute atomic E-state index is 8.88. The Hall–Kier alpha value is -1.04. The van der Waals surface area contributed by atoms with Crippen LogP contribution in [0.15, 0.2) is 12.1 Å². The lowest BCUT2D eigenvalue weighted by molar-refractivity contribution is 0.744. The molecule has 0 saturated heterocycles. The molecule has 0 unspecified atom stereocenters. The highest BCUT2D eigenvalue weighted by atomic mass is 35.5. The van der Waals surface area contributed by atoms with Crippen molar-refractivity contribution in [1.82, 2.24) is 0 Å². The van der Waals surface area contributed by atoms with Crippen molar-refractivity contribution in [1.29, 1.82) is 5.26 Å². The van der Waals surface area contributed by atoms with Crippen LogP contribution in [-0.2, 0) is 6.42 Å². The van der Waals surface area contributed by atoms with E-state index in [9.17, 15) is 0 Å². The predicted octanol–water partition coefficient (Wildman–Crippen LogP) is 3.83. The van der Waals surface area contributed by atoms with E-state index in [1.807, 2.05) is 32.9 Å². The minimum atomic E-state index is 0.569. The third-order valence-electron chi connectivity index (χ3n) is 2.35. The molecule has 1 aromatic rings. The van der Waals surface area contributed by atoms with Crippen molar-refractivity contribution in [3.8, 4) is 6.07 Å². The Morgan fingerprint density at radius 2 is 1.94 bits per heavy atom. The molecule has 0 atom stereocenters. The highest BCUT2D eigenvalue weighted by Crippen LogP contribution is 2.22. The fraction of sp³-hybridized carbons (Fsp3) is 0.500. The normalized spacial score (nSPS) is 9.18. The van der Waals surface area contributed by atoms with Gasteiger partial charge in [-0.2, -0.15) is 5.26 Å². The van der Waals surface area contributed by atoms with Gasteiger partial charge in [-0.25, -0.2) is 0 Å². The largest absolute Gasteiger partial charge is 0.330 e. The highest BCUT2D eigenvalue weighted by molar-refractivity contribution is 6.32. The van der Waals surface area contributed by atoms with Gasteiger partial charge in [0.05, 0.1) is 10.6 Å². The van der Waals surface area contributed by atoms with Gasteiger partial charge < -0.3 is 5.73 Å². The van der Waals surface area contributed by atoms with Crippen LogP contribution in [0.1, 0.15) is 43.4 Å². The first kappa shape index (κ1) is 16.0. The summed E-state index contributed by atoms with van der Waals surface area (Å²) in [5, 5.41) is 9.45. The Labute approximate surface area is 109 Å². The molecule has 0 fully saturated rings. The summed E-state index contributed by atoms with van der Waals surface area (Å²) in [6.07, 6.45) is 3.04. The van der Waals surface area contributed by atoms with E-state index in [0.29, 0.717) is 10.6 Å². The number of nitrogens with zero attached hydrogens (tertiary/aromatic N) is 1. The quantitative estimate of drug-likeness (QED) is 0.828. The molecule has 0 spiro atoms. The van der Waals surface area contributed by atoms with E-state index in [0.717, 1.165) is 31.4 Å². The SMILES string of the molecule is CC.Cc1cc(CCCCN)cc(C#N)c1Cl. The maximum atomic E-state index is 8.88. The van der Waals surface area contributed by atoms with Crippen molar-refractivity contribution in [3.63, 3.8) is 0 Å². The molecule has 94 valence electrons. The molecule has 0 aliphatic rings. The number of nitrogens with two attached hydrogens (primary N) is 1. The Morgan fingerprint density at radius 3 is 2.47 bits per heavy atom. The Morgan fingerprint density at radius 1 is 1.29 bits per heavy atom. The van der Waals surface area contributed by atoms with Gasteiger partial charge in [0.1, 0.15) is 6.07 Å². The third-order valence-corrected chi connectivity index (χ3v) is 2.86.